The standard InChI is InChI=1S/C13H9Br2NO2/c14-9-5-8(13(18)10(15)6-9)7-16-11-3-1-2-4-12(11)17/h1-7,17-18H/b16-7+. The van der Waals surface area contributed by atoms with E-state index in [-0.39, 0.29) is 11.5 Å². The van der Waals surface area contributed by atoms with Gasteiger partial charge in [-0.1, -0.05) is 28.1 Å². The molecule has 2 aromatic rings. The first-order valence-electron chi connectivity index (χ1n) is 5.08. The Kier molecular flexibility index (Phi) is 4.04. The highest BCUT2D eigenvalue weighted by Gasteiger charge is 2.05. The third-order valence-electron chi connectivity index (χ3n) is 2.28. The van der Waals surface area contributed by atoms with Crippen molar-refractivity contribution in [1.29, 1.82) is 0 Å². The SMILES string of the molecule is Oc1ccccc1/N=C/c1cc(Br)cc(Br)c1O. The van der Waals surface area contributed by atoms with Crippen LogP contribution in [0.5, 0.6) is 11.5 Å². The van der Waals surface area contributed by atoms with Crippen LogP contribution in [-0.4, -0.2) is 16.4 Å². The molecule has 18 heavy (non-hydrogen) atoms. The molecule has 0 amide bonds. The van der Waals surface area contributed by atoms with Crippen LogP contribution in [0.1, 0.15) is 5.56 Å². The zero-order valence-corrected chi connectivity index (χ0v) is 12.3. The number of benzene rings is 2. The van der Waals surface area contributed by atoms with Crippen molar-refractivity contribution in [2.24, 2.45) is 4.99 Å². The van der Waals surface area contributed by atoms with E-state index < -0.39 is 0 Å². The summed E-state index contributed by atoms with van der Waals surface area (Å²) in [6.45, 7) is 0. The Morgan fingerprint density at radius 2 is 1.78 bits per heavy atom. The summed E-state index contributed by atoms with van der Waals surface area (Å²) in [7, 11) is 0. The van der Waals surface area contributed by atoms with Gasteiger partial charge >= 0.3 is 0 Å². The fourth-order valence-electron chi connectivity index (χ4n) is 1.40. The minimum atomic E-state index is 0.0994. The van der Waals surface area contributed by atoms with E-state index in [2.05, 4.69) is 36.9 Å². The van der Waals surface area contributed by atoms with Crippen LogP contribution in [0, 0.1) is 0 Å². The first-order chi connectivity index (χ1) is 8.58. The molecule has 0 radical (unpaired) electrons. The van der Waals surface area contributed by atoms with E-state index in [9.17, 15) is 10.2 Å². The molecular weight excluding hydrogens is 362 g/mol. The van der Waals surface area contributed by atoms with E-state index in [1.54, 1.807) is 36.4 Å². The van der Waals surface area contributed by atoms with Gasteiger partial charge in [-0.15, -0.1) is 0 Å². The lowest BCUT2D eigenvalue weighted by atomic mass is 10.2. The summed E-state index contributed by atoms with van der Waals surface area (Å²) in [6, 6.07) is 10.2. The number of hydrogen-bond acceptors (Lipinski definition) is 3. The molecule has 0 heterocycles. The molecule has 0 bridgehead atoms. The molecule has 0 aliphatic heterocycles. The van der Waals surface area contributed by atoms with Crippen molar-refractivity contribution in [2.75, 3.05) is 0 Å². The Labute approximate surface area is 121 Å². The molecule has 0 saturated carbocycles. The van der Waals surface area contributed by atoms with E-state index in [0.717, 1.165) is 4.47 Å². The molecule has 0 aromatic heterocycles. The van der Waals surface area contributed by atoms with Gasteiger partial charge in [-0.3, -0.25) is 4.99 Å². The molecule has 5 heteroatoms. The number of phenols is 2. The monoisotopic (exact) mass is 369 g/mol. The second-order valence-electron chi connectivity index (χ2n) is 3.57. The highest BCUT2D eigenvalue weighted by atomic mass is 79.9. The van der Waals surface area contributed by atoms with Crippen molar-refractivity contribution in [3.05, 3.63) is 50.9 Å². The summed E-state index contributed by atoms with van der Waals surface area (Å²) in [5.41, 5.74) is 1.01. The van der Waals surface area contributed by atoms with Crippen molar-refractivity contribution in [1.82, 2.24) is 0 Å². The van der Waals surface area contributed by atoms with E-state index in [0.29, 0.717) is 15.7 Å². The molecule has 92 valence electrons. The number of halogens is 2. The van der Waals surface area contributed by atoms with E-state index in [1.165, 1.54) is 6.21 Å². The molecule has 2 N–H and O–H groups in total. The fourth-order valence-corrected chi connectivity index (χ4v) is 2.65. The predicted octanol–water partition coefficient (Wildman–Crippen LogP) is 4.37. The predicted molar refractivity (Wildman–Crippen MR) is 78.9 cm³/mol. The highest BCUT2D eigenvalue weighted by Crippen LogP contribution is 2.31. The first kappa shape index (κ1) is 13.1. The number of aliphatic imine (C=N–C) groups is 1. The van der Waals surface area contributed by atoms with Crippen LogP contribution < -0.4 is 0 Å². The number of para-hydroxylation sites is 2. The van der Waals surface area contributed by atoms with Gasteiger partial charge in [-0.05, 0) is 40.2 Å². The maximum atomic E-state index is 9.85. The van der Waals surface area contributed by atoms with Gasteiger partial charge in [0.2, 0.25) is 0 Å². The third kappa shape index (κ3) is 2.91. The molecule has 2 aromatic carbocycles. The number of aromatic hydroxyl groups is 2. The summed E-state index contributed by atoms with van der Waals surface area (Å²) < 4.78 is 1.40. The highest BCUT2D eigenvalue weighted by molar-refractivity contribution is 9.11. The Morgan fingerprint density at radius 1 is 1.06 bits per heavy atom. The Bertz CT molecular complexity index is 612. The lowest BCUT2D eigenvalue weighted by Crippen LogP contribution is -1.84. The minimum absolute atomic E-state index is 0.0994. The van der Waals surface area contributed by atoms with Crippen molar-refractivity contribution >= 4 is 43.8 Å². The van der Waals surface area contributed by atoms with Crippen LogP contribution in [0.4, 0.5) is 5.69 Å². The summed E-state index contributed by atoms with van der Waals surface area (Å²) in [5.74, 6) is 0.208. The number of nitrogens with zero attached hydrogens (tertiary/aromatic N) is 1. The van der Waals surface area contributed by atoms with Crippen molar-refractivity contribution in [3.63, 3.8) is 0 Å². The van der Waals surface area contributed by atoms with Crippen molar-refractivity contribution in [2.45, 2.75) is 0 Å². The minimum Gasteiger partial charge on any atom is -0.506 e. The van der Waals surface area contributed by atoms with Gasteiger partial charge in [0.05, 0.1) is 4.47 Å². The second kappa shape index (κ2) is 5.54. The van der Waals surface area contributed by atoms with Crippen LogP contribution in [0.2, 0.25) is 0 Å². The van der Waals surface area contributed by atoms with Crippen LogP contribution in [0.25, 0.3) is 0 Å². The summed E-state index contributed by atoms with van der Waals surface area (Å²) in [6.07, 6.45) is 1.50. The maximum Gasteiger partial charge on any atom is 0.141 e. The zero-order chi connectivity index (χ0) is 13.1. The van der Waals surface area contributed by atoms with Gasteiger partial charge < -0.3 is 10.2 Å². The normalized spacial score (nSPS) is 11.0. The number of rotatable bonds is 2. The van der Waals surface area contributed by atoms with Gasteiger partial charge in [0.15, 0.2) is 0 Å². The van der Waals surface area contributed by atoms with Gasteiger partial charge in [-0.25, -0.2) is 0 Å². The average Bonchev–Trinajstić information content (AvgIpc) is 2.33. The van der Waals surface area contributed by atoms with E-state index in [1.807, 2.05) is 0 Å². The molecule has 0 aliphatic carbocycles. The van der Waals surface area contributed by atoms with Gasteiger partial charge in [0, 0.05) is 16.3 Å². The van der Waals surface area contributed by atoms with Crippen LogP contribution in [-0.2, 0) is 0 Å². The Morgan fingerprint density at radius 3 is 2.50 bits per heavy atom. The van der Waals surface area contributed by atoms with Crippen LogP contribution in [0.3, 0.4) is 0 Å². The molecule has 0 fully saturated rings. The van der Waals surface area contributed by atoms with Crippen LogP contribution in [0.15, 0.2) is 50.3 Å². The quantitative estimate of drug-likeness (QED) is 0.771. The molecule has 2 rings (SSSR count). The van der Waals surface area contributed by atoms with E-state index >= 15 is 0 Å². The largest absolute Gasteiger partial charge is 0.506 e. The number of hydrogen-bond donors (Lipinski definition) is 2. The van der Waals surface area contributed by atoms with E-state index in [4.69, 9.17) is 0 Å². The topological polar surface area (TPSA) is 52.8 Å². The molecular formula is C13H9Br2NO2. The average molecular weight is 371 g/mol. The smallest absolute Gasteiger partial charge is 0.141 e. The van der Waals surface area contributed by atoms with Crippen molar-refractivity contribution in [3.8, 4) is 11.5 Å². The second-order valence-corrected chi connectivity index (χ2v) is 5.34. The molecule has 3 nitrogen and oxygen atoms in total. The molecule has 0 aliphatic rings. The fraction of sp³-hybridized carbons (Fsp3) is 0. The van der Waals surface area contributed by atoms with Crippen LogP contribution >= 0.6 is 31.9 Å². The molecule has 0 spiro atoms. The number of phenolic OH excluding ortho intramolecular Hbond substituents is 2. The lowest BCUT2D eigenvalue weighted by molar-refractivity contribution is 0.470. The summed E-state index contributed by atoms with van der Waals surface area (Å²) in [5, 5.41) is 19.4. The van der Waals surface area contributed by atoms with Gasteiger partial charge in [-0.2, -0.15) is 0 Å². The van der Waals surface area contributed by atoms with Crippen molar-refractivity contribution < 1.29 is 10.2 Å². The lowest BCUT2D eigenvalue weighted by Gasteiger charge is -2.03. The molecule has 0 unspecified atom stereocenters. The summed E-state index contributed by atoms with van der Waals surface area (Å²) in [4.78, 5) is 4.14. The zero-order valence-electron chi connectivity index (χ0n) is 9.14. The van der Waals surface area contributed by atoms with Gasteiger partial charge in [0.25, 0.3) is 0 Å². The Balaban J connectivity index is 2.38. The van der Waals surface area contributed by atoms with Gasteiger partial charge in [0.1, 0.15) is 17.2 Å². The molecule has 0 saturated heterocycles. The Hall–Kier alpha value is -1.33. The maximum absolute atomic E-state index is 9.85. The third-order valence-corrected chi connectivity index (χ3v) is 3.34. The molecule has 0 atom stereocenters. The summed E-state index contributed by atoms with van der Waals surface area (Å²) >= 11 is 6.58. The first-order valence-corrected chi connectivity index (χ1v) is 6.66.